The van der Waals surface area contributed by atoms with E-state index < -0.39 is 42.9 Å². The van der Waals surface area contributed by atoms with E-state index in [2.05, 4.69) is 72.8 Å². The second kappa shape index (κ2) is 20.2. The predicted octanol–water partition coefficient (Wildman–Crippen LogP) is 9.32. The number of nitro groups is 1. The van der Waals surface area contributed by atoms with E-state index in [0.29, 0.717) is 43.8 Å². The second-order valence-corrected chi connectivity index (χ2v) is 23.3. The molecule has 5 aliphatic rings. The molecule has 0 bridgehead atoms. The van der Waals surface area contributed by atoms with Crippen LogP contribution >= 0.6 is 0 Å². The van der Waals surface area contributed by atoms with Crippen LogP contribution in [0.3, 0.4) is 0 Å². The van der Waals surface area contributed by atoms with Gasteiger partial charge in [0.1, 0.15) is 29.5 Å². The number of carbonyl (C=O) groups excluding carboxylic acids is 1. The predicted molar refractivity (Wildman–Crippen MR) is 274 cm³/mol. The highest BCUT2D eigenvalue weighted by molar-refractivity contribution is 7.90. The van der Waals surface area contributed by atoms with Gasteiger partial charge < -0.3 is 29.8 Å². The van der Waals surface area contributed by atoms with Crippen molar-refractivity contribution in [2.24, 2.45) is 11.3 Å². The summed E-state index contributed by atoms with van der Waals surface area (Å²) in [5, 5.41) is 25.9. The van der Waals surface area contributed by atoms with Gasteiger partial charge in [-0.05, 0) is 136 Å². The zero-order valence-electron chi connectivity index (χ0n) is 41.5. The van der Waals surface area contributed by atoms with Crippen LogP contribution in [-0.4, -0.2) is 115 Å². The van der Waals surface area contributed by atoms with Gasteiger partial charge >= 0.3 is 0 Å². The van der Waals surface area contributed by atoms with Crippen molar-refractivity contribution in [2.45, 2.75) is 113 Å². The number of fused-ring (bicyclic) bond motifs is 1. The Labute approximate surface area is 420 Å². The van der Waals surface area contributed by atoms with Gasteiger partial charge in [-0.1, -0.05) is 44.5 Å². The van der Waals surface area contributed by atoms with Gasteiger partial charge in [0.25, 0.3) is 27.5 Å². The average molecular weight is 1010 g/mol. The Morgan fingerprint density at radius 1 is 0.972 bits per heavy atom. The van der Waals surface area contributed by atoms with E-state index in [4.69, 9.17) is 9.47 Å². The molecule has 5 heterocycles. The van der Waals surface area contributed by atoms with E-state index >= 15 is 4.39 Å². The topological polar surface area (TPSA) is 195 Å². The van der Waals surface area contributed by atoms with E-state index in [0.717, 1.165) is 83.1 Å². The molecule has 16 nitrogen and oxygen atoms in total. The van der Waals surface area contributed by atoms with Gasteiger partial charge in [-0.3, -0.25) is 24.7 Å². The van der Waals surface area contributed by atoms with Crippen LogP contribution in [0, 0.1) is 27.3 Å². The molecule has 72 heavy (non-hydrogen) atoms. The van der Waals surface area contributed by atoms with Crippen molar-refractivity contribution in [3.8, 4) is 17.4 Å². The maximum atomic E-state index is 15.1. The van der Waals surface area contributed by atoms with Crippen LogP contribution in [0.1, 0.15) is 118 Å². The molecule has 18 heteroatoms. The van der Waals surface area contributed by atoms with E-state index in [1.165, 1.54) is 60.9 Å². The van der Waals surface area contributed by atoms with Gasteiger partial charge in [0.15, 0.2) is 5.75 Å². The van der Waals surface area contributed by atoms with Crippen LogP contribution < -0.4 is 24.4 Å². The third-order valence-electron chi connectivity index (χ3n) is 16.3. The molecule has 3 aromatic carbocycles. The Balaban J connectivity index is 0.884. The van der Waals surface area contributed by atoms with Crippen molar-refractivity contribution in [3.05, 3.63) is 106 Å². The molecule has 384 valence electrons. The number of carbonyl (C=O) groups is 1. The maximum absolute atomic E-state index is 15.1. The van der Waals surface area contributed by atoms with E-state index in [9.17, 15) is 28.4 Å². The lowest BCUT2D eigenvalue weighted by Gasteiger charge is -2.57. The highest BCUT2D eigenvalue weighted by Crippen LogP contribution is 2.49. The van der Waals surface area contributed by atoms with Crippen molar-refractivity contribution in [1.82, 2.24) is 24.5 Å². The molecule has 10 rings (SSSR count). The molecular weight excluding hydrogens is 940 g/mol. The zero-order chi connectivity index (χ0) is 50.4. The standard InChI is InChI=1S/C54H67FN8O8S/c1-35(2)39-8-4-5-9-40(39)41-10-6-11-46(41)62-33-54(34-62)20-24-61(25-21-54)37-12-14-42(48(28-37)71-49-30-43-44(55)32-57-50(43)58-52(49)70-27-26-60-22-7-23-60)51(64)59-72(68,69)38-13-15-45(47(29-38)63(66)67)56-31-36-16-18-53(3,65)19-17-36/h4-5,8-9,12-15,28-30,32,35-36,41,46,56,65H,6-7,10-11,16-27,31,33-34H2,1-3H3,(H,57,58)(H,59,64)/t36-,41-,46-,53-/m0/s1. The number of pyridine rings is 1. The normalized spacial score (nSPS) is 23.5. The van der Waals surface area contributed by atoms with Gasteiger partial charge in [-0.25, -0.2) is 17.5 Å². The fourth-order valence-corrected chi connectivity index (χ4v) is 12.8. The summed E-state index contributed by atoms with van der Waals surface area (Å²) in [6, 6.07) is 19.4. The lowest BCUT2D eigenvalue weighted by atomic mass is 9.70. The number of sulfonamides is 1. The molecule has 2 atom stereocenters. The van der Waals surface area contributed by atoms with Crippen molar-refractivity contribution in [1.29, 1.82) is 0 Å². The molecule has 3 aliphatic heterocycles. The number of rotatable bonds is 17. The molecule has 5 aromatic rings. The van der Waals surface area contributed by atoms with Gasteiger partial charge in [0.05, 0.1) is 26.4 Å². The Hall–Kier alpha value is -5.82. The molecule has 3 saturated heterocycles. The number of hydrogen-bond acceptors (Lipinski definition) is 13. The summed E-state index contributed by atoms with van der Waals surface area (Å²) in [5.74, 6) is -0.315. The molecule has 2 aliphatic carbocycles. The molecule has 2 aromatic heterocycles. The van der Waals surface area contributed by atoms with Crippen molar-refractivity contribution < 1.29 is 37.1 Å². The largest absolute Gasteiger partial charge is 0.474 e. The lowest BCUT2D eigenvalue weighted by molar-refractivity contribution is -0.384. The van der Waals surface area contributed by atoms with Crippen LogP contribution in [0.2, 0.25) is 0 Å². The van der Waals surface area contributed by atoms with Gasteiger partial charge in [-0.15, -0.1) is 0 Å². The minimum atomic E-state index is -4.67. The number of anilines is 2. The number of nitro benzene ring substituents is 1. The minimum absolute atomic E-state index is 0.0105. The summed E-state index contributed by atoms with van der Waals surface area (Å²) >= 11 is 0. The number of ether oxygens (including phenoxy) is 2. The SMILES string of the molecule is CC(C)c1ccccc1[C@@H]1CCC[C@@H]1N1CC2(CCN(c3ccc(C(=O)NS(=O)(=O)c4ccc(NC[C@H]5CC[C@](C)(O)CC5)c([N+](=O)[O-])c4)c(Oc4cc5c(F)c[nH]c5nc4OCCN4CCC4)c3)CC2)C1. The smallest absolute Gasteiger partial charge is 0.293 e. The Morgan fingerprint density at radius 2 is 1.74 bits per heavy atom. The van der Waals surface area contributed by atoms with Crippen LogP contribution in [-0.2, 0) is 10.0 Å². The number of piperidine rings is 1. The Morgan fingerprint density at radius 3 is 2.46 bits per heavy atom. The molecule has 5 fully saturated rings. The number of aromatic nitrogens is 2. The summed E-state index contributed by atoms with van der Waals surface area (Å²) in [6.45, 7) is 13.3. The number of amides is 1. The summed E-state index contributed by atoms with van der Waals surface area (Å²) in [6.07, 6.45) is 10.6. The van der Waals surface area contributed by atoms with E-state index in [-0.39, 0.29) is 57.6 Å². The minimum Gasteiger partial charge on any atom is -0.474 e. The van der Waals surface area contributed by atoms with Crippen LogP contribution in [0.25, 0.3) is 11.0 Å². The summed E-state index contributed by atoms with van der Waals surface area (Å²) in [5.41, 5.74) is 2.99. The van der Waals surface area contributed by atoms with Crippen molar-refractivity contribution in [3.63, 3.8) is 0 Å². The number of H-pyrrole nitrogens is 1. The quantitative estimate of drug-likeness (QED) is 0.0509. The first kappa shape index (κ1) is 49.7. The molecule has 1 spiro atoms. The number of hydrogen-bond donors (Lipinski definition) is 4. The lowest BCUT2D eigenvalue weighted by Crippen LogP contribution is -2.63. The van der Waals surface area contributed by atoms with E-state index in [1.807, 2.05) is 0 Å². The summed E-state index contributed by atoms with van der Waals surface area (Å²) < 4.78 is 57.8. The first-order valence-corrected chi connectivity index (χ1v) is 27.3. The second-order valence-electron chi connectivity index (χ2n) is 21.6. The molecular formula is C54H67FN8O8S. The van der Waals surface area contributed by atoms with Crippen LogP contribution in [0.5, 0.6) is 17.4 Å². The average Bonchev–Trinajstić information content (AvgIpc) is 3.97. The van der Waals surface area contributed by atoms with Gasteiger partial charge in [-0.2, -0.15) is 4.98 Å². The highest BCUT2D eigenvalue weighted by Gasteiger charge is 2.49. The number of nitrogens with one attached hydrogen (secondary N) is 3. The first-order chi connectivity index (χ1) is 34.5. The van der Waals surface area contributed by atoms with Crippen LogP contribution in [0.4, 0.5) is 21.5 Å². The summed E-state index contributed by atoms with van der Waals surface area (Å²) in [7, 11) is -4.67. The van der Waals surface area contributed by atoms with Crippen LogP contribution in [0.15, 0.2) is 77.8 Å². The van der Waals surface area contributed by atoms with Gasteiger partial charge in [0, 0.05) is 75.4 Å². The first-order valence-electron chi connectivity index (χ1n) is 25.8. The fraction of sp³-hybridized carbons (Fsp3) is 0.519. The molecule has 4 N–H and O–H groups in total. The zero-order valence-corrected chi connectivity index (χ0v) is 42.3. The van der Waals surface area contributed by atoms with Crippen molar-refractivity contribution in [2.75, 3.05) is 69.2 Å². The number of nitrogens with zero attached hydrogens (tertiary/aromatic N) is 5. The number of likely N-dealkylation sites (tertiary alicyclic amines) is 2. The number of aromatic amines is 1. The monoisotopic (exact) mass is 1010 g/mol. The van der Waals surface area contributed by atoms with Crippen molar-refractivity contribution >= 4 is 44.0 Å². The highest BCUT2D eigenvalue weighted by atomic mass is 32.2. The van der Waals surface area contributed by atoms with E-state index in [1.54, 1.807) is 19.1 Å². The summed E-state index contributed by atoms with van der Waals surface area (Å²) in [4.78, 5) is 40.0. The Bertz CT molecular complexity index is 2920. The molecule has 0 radical (unpaired) electrons. The number of benzene rings is 3. The molecule has 2 saturated carbocycles. The molecule has 0 unspecified atom stereocenters. The fourth-order valence-electron chi connectivity index (χ4n) is 11.8. The van der Waals surface area contributed by atoms with Gasteiger partial charge in [0.2, 0.25) is 0 Å². The Kier molecular flexibility index (Phi) is 14.0. The number of halogens is 1. The third-order valence-corrected chi connectivity index (χ3v) is 17.6. The number of aliphatic hydroxyl groups is 1. The third kappa shape index (κ3) is 10.5. The maximum Gasteiger partial charge on any atom is 0.293 e. The molecule has 1 amide bonds.